The minimum absolute atomic E-state index is 0.127. The number of benzene rings is 2. The Hall–Kier alpha value is -3.22. The predicted octanol–water partition coefficient (Wildman–Crippen LogP) is 1.68. The molecule has 0 spiro atoms. The number of rotatable bonds is 6. The van der Waals surface area contributed by atoms with Crippen LogP contribution in [0.5, 0.6) is 23.0 Å². The molecule has 3 rings (SSSR count). The van der Waals surface area contributed by atoms with Gasteiger partial charge in [0, 0.05) is 24.1 Å². The first kappa shape index (κ1) is 15.7. The fourth-order valence-electron chi connectivity index (χ4n) is 2.12. The number of carboxylic acid groups (broad SMARTS) is 1. The zero-order valence-corrected chi connectivity index (χ0v) is 12.6. The first-order valence-electron chi connectivity index (χ1n) is 7.27. The molecule has 0 radical (unpaired) electrons. The highest BCUT2D eigenvalue weighted by Crippen LogP contribution is 2.36. The summed E-state index contributed by atoms with van der Waals surface area (Å²) in [4.78, 5) is 21.9. The number of carbonyl (C=O) groups is 2. The van der Waals surface area contributed by atoms with Crippen LogP contribution in [0.15, 0.2) is 42.5 Å². The Kier molecular flexibility index (Phi) is 4.51. The Balaban J connectivity index is 1.58. The third-order valence-electron chi connectivity index (χ3n) is 3.27. The van der Waals surface area contributed by atoms with E-state index in [1.165, 1.54) is 0 Å². The Bertz CT molecular complexity index is 756. The van der Waals surface area contributed by atoms with Gasteiger partial charge in [0.05, 0.1) is 0 Å². The van der Waals surface area contributed by atoms with Crippen molar-refractivity contribution in [2.24, 2.45) is 0 Å². The molecule has 0 atom stereocenters. The second-order valence-electron chi connectivity index (χ2n) is 5.06. The van der Waals surface area contributed by atoms with Gasteiger partial charge in [-0.2, -0.15) is 0 Å². The van der Waals surface area contributed by atoms with Crippen LogP contribution in [-0.4, -0.2) is 18.7 Å². The van der Waals surface area contributed by atoms with E-state index < -0.39 is 5.97 Å². The smallest absolute Gasteiger partial charge is 0.231 e. The standard InChI is InChI=1S/C17H15NO6/c19-16(7-8-17(20)21)18-11-1-3-12(4-2-11)24-13-5-6-14-15(9-13)23-10-22-14/h1-6,9H,7-8,10H2,(H,18,19)(H,20,21)/p-1. The molecule has 124 valence electrons. The number of anilines is 1. The molecule has 1 aliphatic heterocycles. The first-order valence-corrected chi connectivity index (χ1v) is 7.27. The molecular weight excluding hydrogens is 314 g/mol. The SMILES string of the molecule is O=C([O-])CCC(=O)Nc1ccc(Oc2ccc3c(c2)OCO3)cc1. The van der Waals surface area contributed by atoms with E-state index in [4.69, 9.17) is 14.2 Å². The largest absolute Gasteiger partial charge is 0.550 e. The van der Waals surface area contributed by atoms with E-state index in [0.717, 1.165) is 0 Å². The summed E-state index contributed by atoms with van der Waals surface area (Å²) in [5.41, 5.74) is 0.552. The number of carbonyl (C=O) groups excluding carboxylic acids is 2. The topological polar surface area (TPSA) is 96.9 Å². The van der Waals surface area contributed by atoms with E-state index in [0.29, 0.717) is 28.7 Å². The number of hydrogen-bond acceptors (Lipinski definition) is 6. The van der Waals surface area contributed by atoms with Crippen molar-refractivity contribution in [3.63, 3.8) is 0 Å². The van der Waals surface area contributed by atoms with Crippen molar-refractivity contribution in [3.05, 3.63) is 42.5 Å². The van der Waals surface area contributed by atoms with Crippen LogP contribution in [-0.2, 0) is 9.59 Å². The summed E-state index contributed by atoms with van der Waals surface area (Å²) in [5, 5.41) is 12.9. The number of carboxylic acids is 1. The van der Waals surface area contributed by atoms with Crippen LogP contribution in [0.3, 0.4) is 0 Å². The second kappa shape index (κ2) is 6.91. The molecule has 1 N–H and O–H groups in total. The Labute approximate surface area is 137 Å². The summed E-state index contributed by atoms with van der Waals surface area (Å²) in [7, 11) is 0. The van der Waals surface area contributed by atoms with E-state index in [-0.39, 0.29) is 25.5 Å². The maximum atomic E-state index is 11.5. The van der Waals surface area contributed by atoms with Gasteiger partial charge >= 0.3 is 0 Å². The van der Waals surface area contributed by atoms with Gasteiger partial charge < -0.3 is 29.4 Å². The molecule has 1 aliphatic rings. The quantitative estimate of drug-likeness (QED) is 0.866. The normalized spacial score (nSPS) is 11.8. The van der Waals surface area contributed by atoms with Crippen molar-refractivity contribution < 1.29 is 28.9 Å². The average Bonchev–Trinajstić information content (AvgIpc) is 3.02. The van der Waals surface area contributed by atoms with Crippen molar-refractivity contribution in [1.82, 2.24) is 0 Å². The van der Waals surface area contributed by atoms with Gasteiger partial charge in [0.15, 0.2) is 11.5 Å². The first-order chi connectivity index (χ1) is 11.6. The van der Waals surface area contributed by atoms with E-state index in [2.05, 4.69) is 5.32 Å². The van der Waals surface area contributed by atoms with E-state index >= 15 is 0 Å². The van der Waals surface area contributed by atoms with Crippen LogP contribution >= 0.6 is 0 Å². The van der Waals surface area contributed by atoms with Gasteiger partial charge in [-0.05, 0) is 42.8 Å². The lowest BCUT2D eigenvalue weighted by Crippen LogP contribution is -2.24. The van der Waals surface area contributed by atoms with Crippen LogP contribution in [0.25, 0.3) is 0 Å². The zero-order chi connectivity index (χ0) is 16.9. The molecule has 1 amide bonds. The molecule has 0 fully saturated rings. The summed E-state index contributed by atoms with van der Waals surface area (Å²) in [5.74, 6) is 0.856. The summed E-state index contributed by atoms with van der Waals surface area (Å²) < 4.78 is 16.2. The van der Waals surface area contributed by atoms with Crippen LogP contribution in [0.2, 0.25) is 0 Å². The van der Waals surface area contributed by atoms with Gasteiger partial charge in [0.1, 0.15) is 11.5 Å². The number of aliphatic carboxylic acids is 1. The second-order valence-corrected chi connectivity index (χ2v) is 5.06. The fraction of sp³-hybridized carbons (Fsp3) is 0.176. The molecule has 0 saturated heterocycles. The maximum absolute atomic E-state index is 11.5. The van der Waals surface area contributed by atoms with Crippen LogP contribution in [0.1, 0.15) is 12.8 Å². The number of fused-ring (bicyclic) bond motifs is 1. The number of amides is 1. The highest BCUT2D eigenvalue weighted by atomic mass is 16.7. The molecule has 0 unspecified atom stereocenters. The van der Waals surface area contributed by atoms with E-state index in [1.54, 1.807) is 42.5 Å². The van der Waals surface area contributed by atoms with E-state index in [1.807, 2.05) is 0 Å². The summed E-state index contributed by atoms with van der Waals surface area (Å²) in [6.07, 6.45) is -0.436. The van der Waals surface area contributed by atoms with Gasteiger partial charge in [0.25, 0.3) is 0 Å². The Morgan fingerprint density at radius 3 is 2.46 bits per heavy atom. The maximum Gasteiger partial charge on any atom is 0.231 e. The highest BCUT2D eigenvalue weighted by molar-refractivity contribution is 5.92. The number of hydrogen-bond donors (Lipinski definition) is 1. The van der Waals surface area contributed by atoms with Crippen molar-refractivity contribution in [2.75, 3.05) is 12.1 Å². The molecule has 0 saturated carbocycles. The number of nitrogens with one attached hydrogen (secondary N) is 1. The third-order valence-corrected chi connectivity index (χ3v) is 3.27. The van der Waals surface area contributed by atoms with Gasteiger partial charge in [-0.25, -0.2) is 0 Å². The lowest BCUT2D eigenvalue weighted by Gasteiger charge is -2.09. The molecule has 7 nitrogen and oxygen atoms in total. The monoisotopic (exact) mass is 328 g/mol. The summed E-state index contributed by atoms with van der Waals surface area (Å²) in [6.45, 7) is 0.200. The lowest BCUT2D eigenvalue weighted by atomic mass is 10.2. The van der Waals surface area contributed by atoms with Gasteiger partial charge in [0.2, 0.25) is 12.7 Å². The molecular formula is C17H14NO6-. The fourth-order valence-corrected chi connectivity index (χ4v) is 2.12. The van der Waals surface area contributed by atoms with Crippen molar-refractivity contribution >= 4 is 17.6 Å². The summed E-state index contributed by atoms with van der Waals surface area (Å²) >= 11 is 0. The average molecular weight is 328 g/mol. The van der Waals surface area contributed by atoms with Crippen LogP contribution in [0.4, 0.5) is 5.69 Å². The minimum Gasteiger partial charge on any atom is -0.550 e. The van der Waals surface area contributed by atoms with Crippen LogP contribution in [0, 0.1) is 0 Å². The lowest BCUT2D eigenvalue weighted by molar-refractivity contribution is -0.305. The van der Waals surface area contributed by atoms with Crippen LogP contribution < -0.4 is 24.6 Å². The molecule has 7 heteroatoms. The zero-order valence-electron chi connectivity index (χ0n) is 12.6. The predicted molar refractivity (Wildman–Crippen MR) is 82.0 cm³/mol. The molecule has 0 aliphatic carbocycles. The molecule has 2 aromatic carbocycles. The molecule has 1 heterocycles. The minimum atomic E-state index is -1.25. The summed E-state index contributed by atoms with van der Waals surface area (Å²) in [6, 6.07) is 12.0. The molecule has 0 bridgehead atoms. The number of ether oxygens (including phenoxy) is 3. The molecule has 2 aromatic rings. The molecule has 24 heavy (non-hydrogen) atoms. The third kappa shape index (κ3) is 3.95. The Morgan fingerprint density at radius 2 is 1.71 bits per heavy atom. The highest BCUT2D eigenvalue weighted by Gasteiger charge is 2.14. The van der Waals surface area contributed by atoms with Crippen molar-refractivity contribution in [1.29, 1.82) is 0 Å². The van der Waals surface area contributed by atoms with Gasteiger partial charge in [-0.3, -0.25) is 4.79 Å². The molecule has 0 aromatic heterocycles. The van der Waals surface area contributed by atoms with Gasteiger partial charge in [-0.15, -0.1) is 0 Å². The van der Waals surface area contributed by atoms with Gasteiger partial charge in [-0.1, -0.05) is 0 Å². The Morgan fingerprint density at radius 1 is 1.00 bits per heavy atom. The van der Waals surface area contributed by atoms with Crippen molar-refractivity contribution in [2.45, 2.75) is 12.8 Å². The van der Waals surface area contributed by atoms with Crippen molar-refractivity contribution in [3.8, 4) is 23.0 Å². The van der Waals surface area contributed by atoms with E-state index in [9.17, 15) is 14.7 Å².